The molecule has 0 aliphatic carbocycles. The average molecular weight is 869 g/mol. The summed E-state index contributed by atoms with van der Waals surface area (Å²) >= 11 is 0. The van der Waals surface area contributed by atoms with Crippen LogP contribution in [0.4, 0.5) is 0 Å². The molecule has 9 aromatic carbocycles. The van der Waals surface area contributed by atoms with Crippen molar-refractivity contribution in [3.05, 3.63) is 243 Å². The van der Waals surface area contributed by atoms with Crippen LogP contribution in [0.15, 0.2) is 243 Å². The molecule has 6 nitrogen and oxygen atoms in total. The predicted octanol–water partition coefficient (Wildman–Crippen LogP) is 15.5. The summed E-state index contributed by atoms with van der Waals surface area (Å²) in [6.45, 7) is 0. The minimum absolute atomic E-state index is 0.538. The van der Waals surface area contributed by atoms with Crippen molar-refractivity contribution in [3.8, 4) is 79.2 Å². The van der Waals surface area contributed by atoms with E-state index in [1.54, 1.807) is 0 Å². The molecule has 0 N–H and O–H groups in total. The third-order valence-corrected chi connectivity index (χ3v) is 13.0. The van der Waals surface area contributed by atoms with Crippen molar-refractivity contribution < 1.29 is 0 Å². The van der Waals surface area contributed by atoms with Crippen LogP contribution in [-0.4, -0.2) is 29.1 Å². The molecule has 0 saturated carbocycles. The lowest BCUT2D eigenvalue weighted by Crippen LogP contribution is -2.07. The van der Waals surface area contributed by atoms with Crippen molar-refractivity contribution in [1.82, 2.24) is 29.1 Å². The van der Waals surface area contributed by atoms with Crippen LogP contribution in [-0.2, 0) is 0 Å². The zero-order chi connectivity index (χ0) is 45.0. The monoisotopic (exact) mass is 868 g/mol. The molecule has 0 fully saturated rings. The molecule has 0 aliphatic rings. The topological polar surface area (TPSA) is 61.4 Å². The molecule has 13 rings (SSSR count). The summed E-state index contributed by atoms with van der Waals surface area (Å²) in [5, 5.41) is 4.55. The number of benzene rings is 9. The second kappa shape index (κ2) is 16.3. The van der Waals surface area contributed by atoms with Crippen molar-refractivity contribution >= 4 is 43.6 Å². The highest BCUT2D eigenvalue weighted by Gasteiger charge is 2.24. The molecule has 0 unspecified atom stereocenters. The molecule has 4 heterocycles. The lowest BCUT2D eigenvalue weighted by atomic mass is 9.99. The van der Waals surface area contributed by atoms with E-state index >= 15 is 0 Å². The zero-order valence-corrected chi connectivity index (χ0v) is 36.8. The number of hydrogen-bond acceptors (Lipinski definition) is 4. The van der Waals surface area contributed by atoms with Gasteiger partial charge >= 0.3 is 0 Å². The molecule has 318 valence electrons. The van der Waals surface area contributed by atoms with Crippen LogP contribution in [0.1, 0.15) is 0 Å². The quantitative estimate of drug-likeness (QED) is 0.153. The highest BCUT2D eigenvalue weighted by Crippen LogP contribution is 2.42. The Bertz CT molecular complexity index is 3930. The van der Waals surface area contributed by atoms with Gasteiger partial charge in [0.15, 0.2) is 11.6 Å². The van der Waals surface area contributed by atoms with Crippen molar-refractivity contribution in [2.75, 3.05) is 0 Å². The third kappa shape index (κ3) is 6.74. The van der Waals surface area contributed by atoms with E-state index in [4.69, 9.17) is 19.9 Å². The first kappa shape index (κ1) is 39.1. The Labute approximate surface area is 392 Å². The summed E-state index contributed by atoms with van der Waals surface area (Å²) in [5.41, 5.74) is 15.5. The summed E-state index contributed by atoms with van der Waals surface area (Å²) in [6.07, 6.45) is 0. The van der Waals surface area contributed by atoms with Gasteiger partial charge in [0.1, 0.15) is 0 Å². The van der Waals surface area contributed by atoms with E-state index in [1.807, 2.05) is 30.3 Å². The van der Waals surface area contributed by atoms with Crippen molar-refractivity contribution in [1.29, 1.82) is 0 Å². The Morgan fingerprint density at radius 1 is 0.250 bits per heavy atom. The molecule has 68 heavy (non-hydrogen) atoms. The maximum Gasteiger partial charge on any atom is 0.238 e. The summed E-state index contributed by atoms with van der Waals surface area (Å²) in [7, 11) is 0. The number of hydrogen-bond donors (Lipinski definition) is 0. The third-order valence-electron chi connectivity index (χ3n) is 13.0. The van der Waals surface area contributed by atoms with Crippen molar-refractivity contribution in [3.63, 3.8) is 0 Å². The van der Waals surface area contributed by atoms with Crippen LogP contribution in [0.2, 0.25) is 0 Å². The van der Waals surface area contributed by atoms with Crippen LogP contribution in [0, 0.1) is 0 Å². The molecule has 4 aromatic heterocycles. The Balaban J connectivity index is 1.03. The maximum atomic E-state index is 5.41. The van der Waals surface area contributed by atoms with Gasteiger partial charge in [-0.2, -0.15) is 9.97 Å². The first-order valence-corrected chi connectivity index (χ1v) is 22.9. The molecule has 0 amide bonds. The van der Waals surface area contributed by atoms with Gasteiger partial charge in [-0.05, 0) is 58.7 Å². The van der Waals surface area contributed by atoms with Gasteiger partial charge in [0.05, 0.1) is 33.5 Å². The minimum atomic E-state index is 0.538. The Morgan fingerprint density at radius 3 is 1.26 bits per heavy atom. The van der Waals surface area contributed by atoms with Crippen LogP contribution < -0.4 is 0 Å². The van der Waals surface area contributed by atoms with Gasteiger partial charge in [0.25, 0.3) is 0 Å². The molecular weight excluding hydrogens is 829 g/mol. The average Bonchev–Trinajstić information content (AvgIpc) is 3.95. The van der Waals surface area contributed by atoms with E-state index in [-0.39, 0.29) is 0 Å². The SMILES string of the molecule is c1ccc(-c2cccc(-n3c4ccccc4c4ccc5c6ccccc6n(-c6nc(-c7ccccc7)nc(-c7ccc(-c8cc(-c9ccccc9)cc(-c9ccccc9)n8)cc7)n6)c5c43)c2)cc1. The first-order valence-electron chi connectivity index (χ1n) is 22.9. The van der Waals surface area contributed by atoms with E-state index < -0.39 is 0 Å². The fourth-order valence-electron chi connectivity index (χ4n) is 9.76. The fraction of sp³-hybridized carbons (Fsp3) is 0. The summed E-state index contributed by atoms with van der Waals surface area (Å²) in [4.78, 5) is 21.2. The molecule has 0 aliphatic heterocycles. The van der Waals surface area contributed by atoms with Gasteiger partial charge in [0.2, 0.25) is 5.95 Å². The second-order valence-electron chi connectivity index (χ2n) is 17.1. The molecule has 0 saturated heterocycles. The molecule has 6 heteroatoms. The van der Waals surface area contributed by atoms with E-state index in [1.165, 1.54) is 10.9 Å². The standard InChI is InChI=1S/C62H40N6/c1-5-18-41(19-6-1)47-26-17-27-49(38-47)67-56-30-15-13-28-50(56)52-36-37-53-51-29-14-16-31-57(51)68(59(53)58(52)67)62-65-60(45-24-11-4-12-25-45)64-61(66-62)46-34-32-44(33-35-46)55-40-48(42-20-7-2-8-21-42)39-54(63-55)43-22-9-3-10-23-43/h1-40H. The van der Waals surface area contributed by atoms with Gasteiger partial charge in [-0.1, -0.05) is 206 Å². The number of aromatic nitrogens is 6. The fourth-order valence-corrected chi connectivity index (χ4v) is 9.76. The van der Waals surface area contributed by atoms with Crippen molar-refractivity contribution in [2.45, 2.75) is 0 Å². The van der Waals surface area contributed by atoms with Gasteiger partial charge in [-0.25, -0.2) is 9.97 Å². The Kier molecular flexibility index (Phi) is 9.39. The lowest BCUT2D eigenvalue weighted by Gasteiger charge is -2.14. The minimum Gasteiger partial charge on any atom is -0.307 e. The highest BCUT2D eigenvalue weighted by molar-refractivity contribution is 6.23. The predicted molar refractivity (Wildman–Crippen MR) is 279 cm³/mol. The zero-order valence-electron chi connectivity index (χ0n) is 36.8. The van der Waals surface area contributed by atoms with Crippen LogP contribution >= 0.6 is 0 Å². The van der Waals surface area contributed by atoms with E-state index in [0.717, 1.165) is 94.2 Å². The summed E-state index contributed by atoms with van der Waals surface area (Å²) < 4.78 is 4.66. The number of para-hydroxylation sites is 2. The largest absolute Gasteiger partial charge is 0.307 e. The lowest BCUT2D eigenvalue weighted by molar-refractivity contribution is 0.953. The van der Waals surface area contributed by atoms with E-state index in [2.05, 4.69) is 221 Å². The van der Waals surface area contributed by atoms with Gasteiger partial charge in [0, 0.05) is 49.5 Å². The van der Waals surface area contributed by atoms with E-state index in [9.17, 15) is 0 Å². The molecule has 13 aromatic rings. The Hall–Kier alpha value is -9.26. The summed E-state index contributed by atoms with van der Waals surface area (Å²) in [6, 6.07) is 85.1. The second-order valence-corrected chi connectivity index (χ2v) is 17.1. The normalized spacial score (nSPS) is 11.5. The van der Waals surface area contributed by atoms with Gasteiger partial charge in [-0.3, -0.25) is 4.57 Å². The maximum absolute atomic E-state index is 5.41. The van der Waals surface area contributed by atoms with Gasteiger partial charge < -0.3 is 4.57 Å². The smallest absolute Gasteiger partial charge is 0.238 e. The molecular formula is C62H40N6. The molecule has 0 bridgehead atoms. The Morgan fingerprint density at radius 2 is 0.676 bits per heavy atom. The van der Waals surface area contributed by atoms with Gasteiger partial charge in [-0.15, -0.1) is 0 Å². The number of nitrogens with zero attached hydrogens (tertiary/aromatic N) is 6. The first-order chi connectivity index (χ1) is 33.7. The number of pyridine rings is 1. The number of rotatable bonds is 8. The van der Waals surface area contributed by atoms with Crippen molar-refractivity contribution in [2.24, 2.45) is 0 Å². The van der Waals surface area contributed by atoms with Crippen LogP contribution in [0.25, 0.3) is 123 Å². The molecule has 0 spiro atoms. The summed E-state index contributed by atoms with van der Waals surface area (Å²) in [5.74, 6) is 1.70. The van der Waals surface area contributed by atoms with E-state index in [0.29, 0.717) is 17.6 Å². The van der Waals surface area contributed by atoms with Crippen LogP contribution in [0.5, 0.6) is 0 Å². The number of fused-ring (bicyclic) bond motifs is 7. The van der Waals surface area contributed by atoms with Crippen LogP contribution in [0.3, 0.4) is 0 Å². The highest BCUT2D eigenvalue weighted by atomic mass is 15.2. The molecule has 0 atom stereocenters. The molecule has 0 radical (unpaired) electrons.